The molecule has 0 spiro atoms. The van der Waals surface area contributed by atoms with Crippen LogP contribution in [0.3, 0.4) is 0 Å². The number of hydrogen-bond acceptors (Lipinski definition) is 10. The first-order valence-corrected chi connectivity index (χ1v) is 27.6. The van der Waals surface area contributed by atoms with E-state index in [0.29, 0.717) is 42.4 Å². The number of carbonyl (C=O) groups excluding carboxylic acids is 1. The minimum atomic E-state index is -1.37. The average Bonchev–Trinajstić information content (AvgIpc) is 3.87. The summed E-state index contributed by atoms with van der Waals surface area (Å²) in [6, 6.07) is 0.179. The molecule has 0 unspecified atom stereocenters. The van der Waals surface area contributed by atoms with Gasteiger partial charge in [0.1, 0.15) is 6.23 Å². The summed E-state index contributed by atoms with van der Waals surface area (Å²) >= 11 is 0. The summed E-state index contributed by atoms with van der Waals surface area (Å²) in [4.78, 5) is 24.1. The van der Waals surface area contributed by atoms with E-state index >= 15 is 0 Å². The predicted molar refractivity (Wildman–Crippen MR) is 256 cm³/mol. The molecule has 0 amide bonds. The molecule has 354 valence electrons. The SMILES string of the molecule is C[C@H](O)NC(N)=NC[C@H]1C[C@]2(C)[C@@H]3C[C@H](CSSC[C@H](n4ccnc4)CC(C)(C)C4=C5CCC[C@@H]6C=C[C@H]7CC[C@@H]8C[C@@H]3[C@H](O)[C@H]4C8=C7[C@@H]56)[C@@]2(O)C2=CC(=O)[C@@H]3C[C@@H](O)[C@@H](O)C[C@]3(C)[C@H]21. The number of nitrogens with zero attached hydrogens (tertiary/aromatic N) is 3. The number of nitrogens with one attached hydrogen (secondary N) is 1. The minimum absolute atomic E-state index is 0.0397. The fraction of sp³-hybridized carbons (Fsp3) is 0.750. The molecule has 10 aliphatic rings. The molecule has 13 heteroatoms. The molecule has 0 radical (unpaired) electrons. The number of aromatic nitrogens is 2. The molecule has 4 bridgehead atoms. The van der Waals surface area contributed by atoms with E-state index in [-0.39, 0.29) is 71.5 Å². The Kier molecular flexibility index (Phi) is 11.2. The number of ketones is 1. The van der Waals surface area contributed by atoms with E-state index < -0.39 is 46.9 Å². The lowest BCUT2D eigenvalue weighted by molar-refractivity contribution is -0.171. The maximum atomic E-state index is 14.7. The van der Waals surface area contributed by atoms with Gasteiger partial charge in [0.25, 0.3) is 0 Å². The van der Waals surface area contributed by atoms with Crippen LogP contribution in [0.2, 0.25) is 0 Å². The predicted octanol–water partition coefficient (Wildman–Crippen LogP) is 6.75. The van der Waals surface area contributed by atoms with Crippen LogP contribution in [0.1, 0.15) is 111 Å². The molecule has 1 aromatic rings. The number of aliphatic imine (C=N–C) groups is 1. The molecule has 1 aliphatic heterocycles. The van der Waals surface area contributed by atoms with Crippen molar-refractivity contribution in [1.29, 1.82) is 0 Å². The van der Waals surface area contributed by atoms with E-state index in [2.05, 4.69) is 60.9 Å². The van der Waals surface area contributed by atoms with Crippen molar-refractivity contribution in [3.05, 3.63) is 64.8 Å². The second-order valence-corrected chi connectivity index (χ2v) is 26.2. The zero-order valence-corrected chi connectivity index (χ0v) is 40.6. The number of fused-ring (bicyclic) bond motifs is 11. The van der Waals surface area contributed by atoms with Gasteiger partial charge in [-0.3, -0.25) is 9.79 Å². The summed E-state index contributed by atoms with van der Waals surface area (Å²) in [5.74, 6) is 2.03. The Balaban J connectivity index is 1.09. The van der Waals surface area contributed by atoms with Crippen LogP contribution in [-0.2, 0) is 4.79 Å². The van der Waals surface area contributed by atoms with Gasteiger partial charge >= 0.3 is 0 Å². The van der Waals surface area contributed by atoms with Gasteiger partial charge in [0.2, 0.25) is 0 Å². The van der Waals surface area contributed by atoms with Crippen molar-refractivity contribution in [3.63, 3.8) is 0 Å². The molecule has 8 N–H and O–H groups in total. The van der Waals surface area contributed by atoms with Crippen molar-refractivity contribution >= 4 is 33.3 Å². The number of aliphatic hydroxyl groups is 5. The molecule has 5 saturated carbocycles. The van der Waals surface area contributed by atoms with Crippen LogP contribution in [0.4, 0.5) is 0 Å². The lowest BCUT2D eigenvalue weighted by Crippen LogP contribution is -2.65. The normalized spacial score (nSPS) is 48.1. The van der Waals surface area contributed by atoms with Gasteiger partial charge in [-0.05, 0) is 141 Å². The van der Waals surface area contributed by atoms with Crippen LogP contribution in [0.5, 0.6) is 0 Å². The van der Waals surface area contributed by atoms with Crippen molar-refractivity contribution in [3.8, 4) is 0 Å². The van der Waals surface area contributed by atoms with Crippen LogP contribution >= 0.6 is 21.6 Å². The summed E-state index contributed by atoms with van der Waals surface area (Å²) in [5.41, 5.74) is 10.5. The molecule has 9 aliphatic carbocycles. The first-order chi connectivity index (χ1) is 31.0. The Morgan fingerprint density at radius 3 is 2.57 bits per heavy atom. The van der Waals surface area contributed by atoms with Crippen LogP contribution in [-0.4, -0.2) is 95.0 Å². The topological polar surface area (TPSA) is 186 Å². The number of allylic oxidation sites excluding steroid dienone is 5. The Morgan fingerprint density at radius 1 is 1.00 bits per heavy atom. The third-order valence-corrected chi connectivity index (χ3v) is 22.5. The Morgan fingerprint density at radius 2 is 1.80 bits per heavy atom. The molecule has 1 saturated heterocycles. The standard InChI is InChI=1S/C52H73N5O6S2/c1-26(58)56-48(53)55-22-30-19-51(5)35-16-31(52(51,63)37-18-38(59)36-17-39(60)40(61)21-50(36,4)45(30)37)23-64-65-24-32(57-14-13-54-25-57)20-49(2,3)46-33-8-6-7-27-9-10-28-11-12-29-15-34(35)47(62)44(46)43(29)42(28)41(27)33/h9-10,13-14,18,25-32,34-36,39-41,44-45,47,58,60-63H,6-8,11-12,15-17,19-24H2,1-5H3,(H3,53,55,56)/t26-,27+,28-,29+,30+,31+,32+,34-,35+,36-,39+,40-,41+,44-,45-,47-,50-,51+,52+/m0/s1. The number of hydrogen-bond donors (Lipinski definition) is 7. The summed E-state index contributed by atoms with van der Waals surface area (Å²) in [5, 5.41) is 63.5. The molecule has 11 rings (SSSR count). The summed E-state index contributed by atoms with van der Waals surface area (Å²) in [6.07, 6.45) is 18.7. The van der Waals surface area contributed by atoms with Crippen molar-refractivity contribution in [2.75, 3.05) is 18.1 Å². The highest BCUT2D eigenvalue weighted by Gasteiger charge is 2.73. The minimum Gasteiger partial charge on any atom is -0.392 e. The third-order valence-electron chi connectivity index (χ3n) is 19.9. The van der Waals surface area contributed by atoms with Gasteiger partial charge in [0.15, 0.2) is 11.7 Å². The van der Waals surface area contributed by atoms with E-state index in [1.54, 1.807) is 29.7 Å². The molecular formula is C52H73N5O6S2. The largest absolute Gasteiger partial charge is 0.392 e. The fourth-order valence-electron chi connectivity index (χ4n) is 17.6. The van der Waals surface area contributed by atoms with Gasteiger partial charge in [-0.1, -0.05) is 83.7 Å². The summed E-state index contributed by atoms with van der Waals surface area (Å²) < 4.78 is 2.30. The van der Waals surface area contributed by atoms with Crippen LogP contribution in [0, 0.1) is 81.3 Å². The molecular weight excluding hydrogens is 855 g/mol. The van der Waals surface area contributed by atoms with Crippen molar-refractivity contribution in [2.24, 2.45) is 92.1 Å². The Bertz CT molecular complexity index is 2240. The number of imidazole rings is 1. The van der Waals surface area contributed by atoms with Crippen LogP contribution in [0.25, 0.3) is 0 Å². The second-order valence-electron chi connectivity index (χ2n) is 23.7. The Labute approximate surface area is 393 Å². The highest BCUT2D eigenvalue weighted by Crippen LogP contribution is 2.74. The summed E-state index contributed by atoms with van der Waals surface area (Å²) in [6.45, 7) is 11.2. The monoisotopic (exact) mass is 928 g/mol. The van der Waals surface area contributed by atoms with Gasteiger partial charge in [-0.25, -0.2) is 4.98 Å². The molecule has 2 heterocycles. The molecule has 65 heavy (non-hydrogen) atoms. The first-order valence-electron chi connectivity index (χ1n) is 25.1. The highest BCUT2D eigenvalue weighted by molar-refractivity contribution is 8.76. The van der Waals surface area contributed by atoms with E-state index in [1.165, 1.54) is 18.4 Å². The molecule has 11 nitrogen and oxygen atoms in total. The first kappa shape index (κ1) is 45.1. The third kappa shape index (κ3) is 6.71. The molecule has 19 atom stereocenters. The number of aliphatic hydroxyl groups excluding tert-OH is 4. The number of guanidine groups is 1. The van der Waals surface area contributed by atoms with Crippen LogP contribution < -0.4 is 11.1 Å². The number of rotatable bonds is 4. The van der Waals surface area contributed by atoms with Crippen LogP contribution in [0.15, 0.2) is 69.8 Å². The van der Waals surface area contributed by atoms with Gasteiger partial charge < -0.3 is 41.2 Å². The quantitative estimate of drug-likeness (QED) is 0.0557. The molecule has 0 aromatic carbocycles. The number of nitrogens with two attached hydrogens (primary N) is 1. The highest BCUT2D eigenvalue weighted by atomic mass is 33.1. The van der Waals surface area contributed by atoms with Crippen molar-refractivity contribution in [2.45, 2.75) is 141 Å². The Hall–Kier alpha value is -2.39. The maximum Gasteiger partial charge on any atom is 0.190 e. The molecule has 1 aromatic heterocycles. The maximum absolute atomic E-state index is 14.7. The van der Waals surface area contributed by atoms with E-state index in [1.807, 2.05) is 34.1 Å². The lowest BCUT2D eigenvalue weighted by atomic mass is 9.42. The zero-order chi connectivity index (χ0) is 45.5. The van der Waals surface area contributed by atoms with Gasteiger partial charge in [-0.15, -0.1) is 0 Å². The van der Waals surface area contributed by atoms with Gasteiger partial charge in [-0.2, -0.15) is 0 Å². The zero-order valence-electron chi connectivity index (χ0n) is 39.0. The fourth-order valence-corrected chi connectivity index (χ4v) is 20.4. The smallest absolute Gasteiger partial charge is 0.190 e. The lowest BCUT2D eigenvalue weighted by Gasteiger charge is -2.64. The second kappa shape index (κ2) is 16.1. The van der Waals surface area contributed by atoms with Gasteiger partial charge in [0, 0.05) is 65.6 Å². The van der Waals surface area contributed by atoms with E-state index in [9.17, 15) is 30.3 Å². The number of carbonyl (C=O) groups is 1. The van der Waals surface area contributed by atoms with E-state index in [4.69, 9.17) is 10.7 Å². The van der Waals surface area contributed by atoms with Crippen molar-refractivity contribution in [1.82, 2.24) is 14.9 Å². The average molecular weight is 928 g/mol. The summed E-state index contributed by atoms with van der Waals surface area (Å²) in [7, 11) is 3.72. The van der Waals surface area contributed by atoms with E-state index in [0.717, 1.165) is 49.9 Å². The molecule has 6 fully saturated rings. The van der Waals surface area contributed by atoms with Crippen molar-refractivity contribution < 1.29 is 30.3 Å². The van der Waals surface area contributed by atoms with Gasteiger partial charge in [0.05, 0.1) is 30.2 Å².